The number of thioether (sulfide) groups is 1. The van der Waals surface area contributed by atoms with Gasteiger partial charge >= 0.3 is 5.97 Å². The summed E-state index contributed by atoms with van der Waals surface area (Å²) in [6.45, 7) is 4.08. The zero-order valence-electron chi connectivity index (χ0n) is 20.2. The standard InChI is InChI=1S/C21H40N6O6S/c1-12(2)10-15(20(31)27-16(21(32)33)11-17(24)28)26-19(30)14(6-4-5-8-22)25-18(29)13(23)7-9-34-3/h12-16H,4-11,22-23H2,1-3H3,(H2,24,28)(H,25,29)(H,26,30)(H,27,31)(H,32,33). The number of unbranched alkanes of at least 4 members (excludes halogenated alkanes) is 1. The molecule has 0 aromatic heterocycles. The van der Waals surface area contributed by atoms with Crippen LogP contribution in [0.25, 0.3) is 0 Å². The highest BCUT2D eigenvalue weighted by atomic mass is 32.2. The van der Waals surface area contributed by atoms with Gasteiger partial charge in [-0.3, -0.25) is 19.2 Å². The van der Waals surface area contributed by atoms with E-state index in [1.807, 2.05) is 20.1 Å². The highest BCUT2D eigenvalue weighted by molar-refractivity contribution is 7.98. The summed E-state index contributed by atoms with van der Waals surface area (Å²) in [5.41, 5.74) is 16.5. The number of carboxylic acids is 1. The van der Waals surface area contributed by atoms with Crippen molar-refractivity contribution in [2.45, 2.75) is 76.5 Å². The minimum Gasteiger partial charge on any atom is -0.480 e. The Balaban J connectivity index is 5.48. The summed E-state index contributed by atoms with van der Waals surface area (Å²) in [6.07, 6.45) is 3.45. The maximum Gasteiger partial charge on any atom is 0.326 e. The molecule has 10 N–H and O–H groups in total. The fourth-order valence-corrected chi connectivity index (χ4v) is 3.55. The molecule has 0 fully saturated rings. The molecule has 0 radical (unpaired) electrons. The van der Waals surface area contributed by atoms with E-state index in [4.69, 9.17) is 17.2 Å². The molecule has 0 spiro atoms. The SMILES string of the molecule is CSCCC(N)C(=O)NC(CCCCN)C(=O)NC(CC(C)C)C(=O)NC(CC(N)=O)C(=O)O. The molecule has 0 aliphatic heterocycles. The number of carbonyl (C=O) groups excluding carboxylic acids is 4. The first-order valence-electron chi connectivity index (χ1n) is 11.3. The first-order valence-corrected chi connectivity index (χ1v) is 12.7. The number of nitrogens with one attached hydrogen (secondary N) is 3. The first kappa shape index (κ1) is 31.6. The van der Waals surface area contributed by atoms with E-state index in [1.54, 1.807) is 11.8 Å². The van der Waals surface area contributed by atoms with E-state index in [1.165, 1.54) is 0 Å². The van der Waals surface area contributed by atoms with Crippen LogP contribution in [0.4, 0.5) is 0 Å². The molecule has 4 amide bonds. The largest absolute Gasteiger partial charge is 0.480 e. The first-order chi connectivity index (χ1) is 15.9. The normalized spacial score (nSPS) is 14.5. The number of amides is 4. The lowest BCUT2D eigenvalue weighted by Gasteiger charge is -2.26. The Kier molecular flexibility index (Phi) is 15.9. The highest BCUT2D eigenvalue weighted by Gasteiger charge is 2.31. The molecule has 0 rings (SSSR count). The zero-order valence-corrected chi connectivity index (χ0v) is 21.0. The quantitative estimate of drug-likeness (QED) is 0.110. The van der Waals surface area contributed by atoms with E-state index >= 15 is 0 Å². The van der Waals surface area contributed by atoms with Gasteiger partial charge in [0.15, 0.2) is 0 Å². The molecule has 0 aromatic rings. The maximum absolute atomic E-state index is 13.0. The van der Waals surface area contributed by atoms with Crippen molar-refractivity contribution in [3.05, 3.63) is 0 Å². The Bertz CT molecular complexity index is 693. The molecule has 13 heteroatoms. The van der Waals surface area contributed by atoms with Crippen molar-refractivity contribution in [3.63, 3.8) is 0 Å². The van der Waals surface area contributed by atoms with Crippen molar-refractivity contribution in [2.75, 3.05) is 18.6 Å². The van der Waals surface area contributed by atoms with Crippen molar-refractivity contribution >= 4 is 41.4 Å². The molecule has 0 aromatic carbocycles. The minimum absolute atomic E-state index is 0.0271. The number of rotatable bonds is 18. The second kappa shape index (κ2) is 17.1. The third-order valence-corrected chi connectivity index (χ3v) is 5.55. The molecule has 4 unspecified atom stereocenters. The van der Waals surface area contributed by atoms with Crippen LogP contribution < -0.4 is 33.2 Å². The predicted octanol–water partition coefficient (Wildman–Crippen LogP) is -1.34. The van der Waals surface area contributed by atoms with E-state index in [-0.39, 0.29) is 12.3 Å². The van der Waals surface area contributed by atoms with Gasteiger partial charge in [-0.05, 0) is 56.6 Å². The summed E-state index contributed by atoms with van der Waals surface area (Å²) in [4.78, 5) is 60.8. The molecule has 12 nitrogen and oxygen atoms in total. The number of hydrogen-bond donors (Lipinski definition) is 7. The third kappa shape index (κ3) is 13.4. The van der Waals surface area contributed by atoms with Crippen LogP contribution in [-0.2, 0) is 24.0 Å². The lowest BCUT2D eigenvalue weighted by atomic mass is 10.0. The molecule has 0 heterocycles. The van der Waals surface area contributed by atoms with E-state index in [0.717, 1.165) is 0 Å². The summed E-state index contributed by atoms with van der Waals surface area (Å²) < 4.78 is 0. The number of nitrogens with two attached hydrogens (primary N) is 3. The minimum atomic E-state index is -1.52. The monoisotopic (exact) mass is 504 g/mol. The fourth-order valence-electron chi connectivity index (χ4n) is 3.07. The predicted molar refractivity (Wildman–Crippen MR) is 131 cm³/mol. The molecular weight excluding hydrogens is 464 g/mol. The van der Waals surface area contributed by atoms with Crippen LogP contribution in [-0.4, -0.2) is 77.4 Å². The van der Waals surface area contributed by atoms with E-state index in [2.05, 4.69) is 16.0 Å². The summed E-state index contributed by atoms with van der Waals surface area (Å²) in [6, 6.07) is -4.33. The van der Waals surface area contributed by atoms with Crippen LogP contribution in [0, 0.1) is 5.92 Å². The average Bonchev–Trinajstić information content (AvgIpc) is 2.74. The molecule has 4 atom stereocenters. The smallest absolute Gasteiger partial charge is 0.326 e. The highest BCUT2D eigenvalue weighted by Crippen LogP contribution is 2.09. The Morgan fingerprint density at radius 2 is 1.44 bits per heavy atom. The lowest BCUT2D eigenvalue weighted by Crippen LogP contribution is -2.57. The van der Waals surface area contributed by atoms with Crippen LogP contribution in [0.5, 0.6) is 0 Å². The molecule has 0 bridgehead atoms. The van der Waals surface area contributed by atoms with Crippen LogP contribution in [0.2, 0.25) is 0 Å². The van der Waals surface area contributed by atoms with Crippen molar-refractivity contribution in [1.29, 1.82) is 0 Å². The maximum atomic E-state index is 13.0. The van der Waals surface area contributed by atoms with E-state index in [0.29, 0.717) is 38.0 Å². The second-order valence-corrected chi connectivity index (χ2v) is 9.48. The van der Waals surface area contributed by atoms with Gasteiger partial charge in [-0.2, -0.15) is 11.8 Å². The van der Waals surface area contributed by atoms with Gasteiger partial charge < -0.3 is 38.3 Å². The van der Waals surface area contributed by atoms with Crippen molar-refractivity contribution < 1.29 is 29.1 Å². The molecule has 0 saturated heterocycles. The van der Waals surface area contributed by atoms with Crippen molar-refractivity contribution in [1.82, 2.24) is 16.0 Å². The van der Waals surface area contributed by atoms with Crippen LogP contribution in [0.3, 0.4) is 0 Å². The Morgan fingerprint density at radius 1 is 0.882 bits per heavy atom. The molecule has 0 saturated carbocycles. The van der Waals surface area contributed by atoms with E-state index < -0.39 is 60.2 Å². The van der Waals surface area contributed by atoms with Gasteiger partial charge in [0, 0.05) is 0 Å². The number of carboxylic acid groups (broad SMARTS) is 1. The van der Waals surface area contributed by atoms with Crippen molar-refractivity contribution in [2.24, 2.45) is 23.1 Å². The topological polar surface area (TPSA) is 220 Å². The molecule has 0 aliphatic rings. The Morgan fingerprint density at radius 3 is 1.94 bits per heavy atom. The van der Waals surface area contributed by atoms with Gasteiger partial charge in [0.1, 0.15) is 18.1 Å². The fraction of sp³-hybridized carbons (Fsp3) is 0.762. The summed E-state index contributed by atoms with van der Waals surface area (Å²) >= 11 is 1.55. The van der Waals surface area contributed by atoms with Crippen LogP contribution in [0.15, 0.2) is 0 Å². The zero-order chi connectivity index (χ0) is 26.3. The molecule has 196 valence electrons. The van der Waals surface area contributed by atoms with Gasteiger partial charge in [0.2, 0.25) is 23.6 Å². The average molecular weight is 505 g/mol. The summed E-state index contributed by atoms with van der Waals surface area (Å²) in [5, 5.41) is 16.8. The van der Waals surface area contributed by atoms with Gasteiger partial charge in [0.05, 0.1) is 12.5 Å². The Hall–Kier alpha value is -2.38. The molecular formula is C21H40N6O6S. The second-order valence-electron chi connectivity index (χ2n) is 8.49. The molecule has 34 heavy (non-hydrogen) atoms. The van der Waals surface area contributed by atoms with Crippen molar-refractivity contribution in [3.8, 4) is 0 Å². The third-order valence-electron chi connectivity index (χ3n) is 4.91. The van der Waals surface area contributed by atoms with Crippen LogP contribution in [0.1, 0.15) is 52.4 Å². The Labute approximate surface area is 204 Å². The van der Waals surface area contributed by atoms with Gasteiger partial charge in [-0.25, -0.2) is 4.79 Å². The summed E-state index contributed by atoms with van der Waals surface area (Å²) in [5.74, 6) is -3.49. The lowest BCUT2D eigenvalue weighted by molar-refractivity contribution is -0.144. The van der Waals surface area contributed by atoms with Gasteiger partial charge in [0.25, 0.3) is 0 Å². The van der Waals surface area contributed by atoms with Crippen LogP contribution >= 0.6 is 11.8 Å². The number of aliphatic carboxylic acids is 1. The van der Waals surface area contributed by atoms with E-state index in [9.17, 15) is 29.1 Å². The molecule has 0 aliphatic carbocycles. The van der Waals surface area contributed by atoms with Gasteiger partial charge in [-0.15, -0.1) is 0 Å². The number of primary amides is 1. The number of carbonyl (C=O) groups is 5. The summed E-state index contributed by atoms with van der Waals surface area (Å²) in [7, 11) is 0. The van der Waals surface area contributed by atoms with Gasteiger partial charge in [-0.1, -0.05) is 13.8 Å². The number of hydrogen-bond acceptors (Lipinski definition) is 8.